The quantitative estimate of drug-likeness (QED) is 0.762. The number of rotatable bonds is 6. The van der Waals surface area contributed by atoms with Crippen LogP contribution in [0.5, 0.6) is 0 Å². The van der Waals surface area contributed by atoms with Crippen molar-refractivity contribution in [2.45, 2.75) is 19.4 Å². The standard InChI is InChI=1S/C12H17N5/c1-13-9-5-6-10-17-15-12(14-16-17)11-7-3-2-4-8-11/h2-4,7-8,13H,5-6,9-10H2,1H3. The van der Waals surface area contributed by atoms with E-state index in [4.69, 9.17) is 0 Å². The monoisotopic (exact) mass is 231 g/mol. The van der Waals surface area contributed by atoms with Crippen molar-refractivity contribution in [3.63, 3.8) is 0 Å². The van der Waals surface area contributed by atoms with Crippen molar-refractivity contribution in [3.05, 3.63) is 30.3 Å². The summed E-state index contributed by atoms with van der Waals surface area (Å²) in [5, 5.41) is 15.6. The summed E-state index contributed by atoms with van der Waals surface area (Å²) in [7, 11) is 1.96. The third-order valence-corrected chi connectivity index (χ3v) is 2.52. The first-order valence-corrected chi connectivity index (χ1v) is 5.88. The Morgan fingerprint density at radius 1 is 1.18 bits per heavy atom. The molecule has 5 nitrogen and oxygen atoms in total. The van der Waals surface area contributed by atoms with E-state index < -0.39 is 0 Å². The minimum atomic E-state index is 0.694. The number of nitrogens with zero attached hydrogens (tertiary/aromatic N) is 4. The Labute approximate surface area is 101 Å². The maximum absolute atomic E-state index is 4.35. The van der Waals surface area contributed by atoms with Gasteiger partial charge in [-0.1, -0.05) is 30.3 Å². The fourth-order valence-electron chi connectivity index (χ4n) is 1.60. The molecule has 2 rings (SSSR count). The van der Waals surface area contributed by atoms with Crippen LogP contribution in [0.1, 0.15) is 12.8 Å². The van der Waals surface area contributed by atoms with Gasteiger partial charge in [0.15, 0.2) is 0 Å². The zero-order valence-corrected chi connectivity index (χ0v) is 10.0. The second-order valence-electron chi connectivity index (χ2n) is 3.89. The highest BCUT2D eigenvalue weighted by Gasteiger charge is 2.04. The zero-order valence-electron chi connectivity index (χ0n) is 10.0. The molecule has 1 heterocycles. The van der Waals surface area contributed by atoms with Gasteiger partial charge >= 0.3 is 0 Å². The maximum Gasteiger partial charge on any atom is 0.204 e. The van der Waals surface area contributed by atoms with Gasteiger partial charge in [-0.25, -0.2) is 0 Å². The predicted octanol–water partition coefficient (Wildman–Crippen LogP) is 1.34. The van der Waals surface area contributed by atoms with E-state index in [9.17, 15) is 0 Å². The molecule has 0 aliphatic rings. The molecule has 0 aliphatic heterocycles. The summed E-state index contributed by atoms with van der Waals surface area (Å²) in [6.07, 6.45) is 2.18. The van der Waals surface area contributed by atoms with E-state index in [0.717, 1.165) is 31.5 Å². The first-order valence-electron chi connectivity index (χ1n) is 5.88. The fourth-order valence-corrected chi connectivity index (χ4v) is 1.60. The van der Waals surface area contributed by atoms with Crippen molar-refractivity contribution in [2.75, 3.05) is 13.6 Å². The highest BCUT2D eigenvalue weighted by molar-refractivity contribution is 5.52. The first-order chi connectivity index (χ1) is 8.40. The van der Waals surface area contributed by atoms with E-state index in [1.807, 2.05) is 37.4 Å². The summed E-state index contributed by atoms with van der Waals surface area (Å²) in [6, 6.07) is 9.91. The lowest BCUT2D eigenvalue weighted by atomic mass is 10.2. The number of unbranched alkanes of at least 4 members (excludes halogenated alkanes) is 1. The van der Waals surface area contributed by atoms with E-state index >= 15 is 0 Å². The molecule has 0 unspecified atom stereocenters. The Morgan fingerprint density at radius 3 is 2.76 bits per heavy atom. The van der Waals surface area contributed by atoms with Crippen LogP contribution in [0.15, 0.2) is 30.3 Å². The Hall–Kier alpha value is -1.75. The Kier molecular flexibility index (Phi) is 4.21. The van der Waals surface area contributed by atoms with Crippen molar-refractivity contribution >= 4 is 0 Å². The highest BCUT2D eigenvalue weighted by atomic mass is 15.6. The summed E-state index contributed by atoms with van der Waals surface area (Å²) >= 11 is 0. The third kappa shape index (κ3) is 3.35. The van der Waals surface area contributed by atoms with E-state index in [2.05, 4.69) is 20.7 Å². The number of aryl methyl sites for hydroxylation is 1. The van der Waals surface area contributed by atoms with Gasteiger partial charge in [0.05, 0.1) is 6.54 Å². The first kappa shape index (κ1) is 11.7. The second-order valence-corrected chi connectivity index (χ2v) is 3.89. The molecule has 0 bridgehead atoms. The molecule has 5 heteroatoms. The van der Waals surface area contributed by atoms with E-state index in [1.165, 1.54) is 0 Å². The summed E-state index contributed by atoms with van der Waals surface area (Å²) in [5.41, 5.74) is 1.01. The van der Waals surface area contributed by atoms with Crippen molar-refractivity contribution in [3.8, 4) is 11.4 Å². The minimum Gasteiger partial charge on any atom is -0.320 e. The zero-order chi connectivity index (χ0) is 11.9. The van der Waals surface area contributed by atoms with Gasteiger partial charge < -0.3 is 5.32 Å². The predicted molar refractivity (Wildman–Crippen MR) is 66.4 cm³/mol. The van der Waals surface area contributed by atoms with Crippen LogP contribution in [-0.4, -0.2) is 33.8 Å². The van der Waals surface area contributed by atoms with Gasteiger partial charge in [0, 0.05) is 5.56 Å². The lowest BCUT2D eigenvalue weighted by molar-refractivity contribution is 0.484. The normalized spacial score (nSPS) is 10.6. The van der Waals surface area contributed by atoms with Gasteiger partial charge in [0.1, 0.15) is 0 Å². The molecule has 0 atom stereocenters. The molecule has 1 aromatic carbocycles. The molecule has 2 aromatic rings. The molecule has 0 spiro atoms. The molecule has 0 aliphatic carbocycles. The summed E-state index contributed by atoms with van der Waals surface area (Å²) in [6.45, 7) is 1.85. The van der Waals surface area contributed by atoms with Gasteiger partial charge in [-0.3, -0.25) is 0 Å². The van der Waals surface area contributed by atoms with E-state index in [-0.39, 0.29) is 0 Å². The van der Waals surface area contributed by atoms with Crippen molar-refractivity contribution in [1.82, 2.24) is 25.5 Å². The Bertz CT molecular complexity index is 437. The molecule has 17 heavy (non-hydrogen) atoms. The van der Waals surface area contributed by atoms with Crippen LogP contribution in [0.25, 0.3) is 11.4 Å². The Balaban J connectivity index is 1.92. The summed E-state index contributed by atoms with van der Waals surface area (Å²) < 4.78 is 0. The molecule has 0 amide bonds. The minimum absolute atomic E-state index is 0.694. The molecule has 0 saturated heterocycles. The fraction of sp³-hybridized carbons (Fsp3) is 0.417. The molecule has 0 saturated carbocycles. The van der Waals surface area contributed by atoms with Crippen LogP contribution in [0, 0.1) is 0 Å². The lowest BCUT2D eigenvalue weighted by Gasteiger charge is -1.98. The lowest BCUT2D eigenvalue weighted by Crippen LogP contribution is -2.10. The molecule has 0 fully saturated rings. The van der Waals surface area contributed by atoms with E-state index in [0.29, 0.717) is 5.82 Å². The number of aromatic nitrogens is 4. The van der Waals surface area contributed by atoms with Crippen LogP contribution < -0.4 is 5.32 Å². The van der Waals surface area contributed by atoms with Crippen LogP contribution >= 0.6 is 0 Å². The average Bonchev–Trinajstić information content (AvgIpc) is 2.85. The van der Waals surface area contributed by atoms with Gasteiger partial charge in [0.25, 0.3) is 0 Å². The molecular weight excluding hydrogens is 214 g/mol. The second kappa shape index (κ2) is 6.10. The van der Waals surface area contributed by atoms with Crippen LogP contribution in [-0.2, 0) is 6.54 Å². The largest absolute Gasteiger partial charge is 0.320 e. The van der Waals surface area contributed by atoms with Gasteiger partial charge in [-0.2, -0.15) is 4.80 Å². The number of hydrogen-bond donors (Lipinski definition) is 1. The van der Waals surface area contributed by atoms with Crippen LogP contribution in [0.4, 0.5) is 0 Å². The molecule has 1 aromatic heterocycles. The van der Waals surface area contributed by atoms with Crippen LogP contribution in [0.3, 0.4) is 0 Å². The molecule has 0 radical (unpaired) electrons. The highest BCUT2D eigenvalue weighted by Crippen LogP contribution is 2.11. The van der Waals surface area contributed by atoms with Crippen LogP contribution in [0.2, 0.25) is 0 Å². The van der Waals surface area contributed by atoms with Crippen molar-refractivity contribution in [1.29, 1.82) is 0 Å². The number of hydrogen-bond acceptors (Lipinski definition) is 4. The van der Waals surface area contributed by atoms with Gasteiger partial charge in [0.2, 0.25) is 5.82 Å². The molecule has 90 valence electrons. The molecule has 1 N–H and O–H groups in total. The topological polar surface area (TPSA) is 55.6 Å². The number of nitrogens with one attached hydrogen (secondary N) is 1. The number of tetrazole rings is 1. The molecular formula is C12H17N5. The van der Waals surface area contributed by atoms with Gasteiger partial charge in [-0.15, -0.1) is 10.2 Å². The van der Waals surface area contributed by atoms with Crippen molar-refractivity contribution < 1.29 is 0 Å². The Morgan fingerprint density at radius 2 is 2.00 bits per heavy atom. The number of benzene rings is 1. The van der Waals surface area contributed by atoms with Gasteiger partial charge in [-0.05, 0) is 31.6 Å². The maximum atomic E-state index is 4.35. The third-order valence-electron chi connectivity index (χ3n) is 2.52. The summed E-state index contributed by atoms with van der Waals surface area (Å²) in [5.74, 6) is 0.694. The summed E-state index contributed by atoms with van der Waals surface area (Å²) in [4.78, 5) is 1.66. The SMILES string of the molecule is CNCCCCn1nnc(-c2ccccc2)n1. The average molecular weight is 231 g/mol. The smallest absolute Gasteiger partial charge is 0.204 e. The van der Waals surface area contributed by atoms with Crippen molar-refractivity contribution in [2.24, 2.45) is 0 Å². The van der Waals surface area contributed by atoms with E-state index in [1.54, 1.807) is 4.80 Å².